The minimum absolute atomic E-state index is 0.103. The minimum Gasteiger partial charge on any atom is -0.292 e. The number of thiophene rings is 2. The van der Waals surface area contributed by atoms with Crippen molar-refractivity contribution in [3.63, 3.8) is 0 Å². The Morgan fingerprint density at radius 3 is 2.67 bits per heavy atom. The second kappa shape index (κ2) is 5.50. The fraction of sp³-hybridized carbons (Fsp3) is 0.100. The van der Waals surface area contributed by atoms with Gasteiger partial charge in [-0.3, -0.25) is 4.79 Å². The first kappa shape index (κ1) is 13.7. The van der Waals surface area contributed by atoms with Crippen LogP contribution in [0.15, 0.2) is 33.9 Å². The summed E-state index contributed by atoms with van der Waals surface area (Å²) in [6.07, 6.45) is 0. The second-order valence-electron chi connectivity index (χ2n) is 3.28. The average Bonchev–Trinajstić information content (AvgIpc) is 2.96. The molecule has 0 atom stereocenters. The molecule has 0 radical (unpaired) electrons. The van der Waals surface area contributed by atoms with Crippen molar-refractivity contribution in [1.29, 1.82) is 0 Å². The number of sulfonamides is 1. The number of nitrogens with one attached hydrogen (secondary N) is 1. The van der Waals surface area contributed by atoms with Gasteiger partial charge in [0.05, 0.1) is 15.8 Å². The zero-order valence-corrected chi connectivity index (χ0v) is 12.1. The van der Waals surface area contributed by atoms with Crippen LogP contribution >= 0.6 is 34.3 Å². The van der Waals surface area contributed by atoms with Crippen LogP contribution < -0.4 is 4.72 Å². The number of rotatable bonds is 5. The number of hydrogen-bond acceptors (Lipinski definition) is 5. The maximum absolute atomic E-state index is 11.8. The summed E-state index contributed by atoms with van der Waals surface area (Å²) in [4.78, 5) is 12.2. The lowest BCUT2D eigenvalue weighted by atomic mass is 10.3. The third-order valence-electron chi connectivity index (χ3n) is 2.03. The van der Waals surface area contributed by atoms with Gasteiger partial charge in [0.2, 0.25) is 0 Å². The van der Waals surface area contributed by atoms with Gasteiger partial charge in [0.1, 0.15) is 4.21 Å². The third-order valence-corrected chi connectivity index (χ3v) is 6.07. The Bertz CT molecular complexity index is 646. The molecule has 0 saturated heterocycles. The van der Waals surface area contributed by atoms with E-state index < -0.39 is 10.0 Å². The van der Waals surface area contributed by atoms with Crippen LogP contribution in [-0.2, 0) is 10.0 Å². The van der Waals surface area contributed by atoms with Crippen molar-refractivity contribution in [2.24, 2.45) is 0 Å². The van der Waals surface area contributed by atoms with Crippen molar-refractivity contribution in [2.75, 3.05) is 6.54 Å². The van der Waals surface area contributed by atoms with Crippen LogP contribution in [0.3, 0.4) is 0 Å². The number of ketones is 1. The summed E-state index contributed by atoms with van der Waals surface area (Å²) >= 11 is 7.90. The van der Waals surface area contributed by atoms with Crippen LogP contribution in [0, 0.1) is 0 Å². The zero-order chi connectivity index (χ0) is 13.2. The Morgan fingerprint density at radius 1 is 1.33 bits per heavy atom. The number of halogens is 1. The van der Waals surface area contributed by atoms with Crippen molar-refractivity contribution in [2.45, 2.75) is 4.21 Å². The van der Waals surface area contributed by atoms with Crippen molar-refractivity contribution in [3.8, 4) is 0 Å². The van der Waals surface area contributed by atoms with E-state index >= 15 is 0 Å². The highest BCUT2D eigenvalue weighted by Crippen LogP contribution is 2.25. The van der Waals surface area contributed by atoms with Gasteiger partial charge in [0.25, 0.3) is 10.0 Å². The lowest BCUT2D eigenvalue weighted by molar-refractivity contribution is 0.100. The lowest BCUT2D eigenvalue weighted by Gasteiger charge is -2.02. The predicted molar refractivity (Wildman–Crippen MR) is 73.2 cm³/mol. The Morgan fingerprint density at radius 2 is 2.11 bits per heavy atom. The third kappa shape index (κ3) is 3.18. The Labute approximate surface area is 117 Å². The molecule has 0 saturated carbocycles. The Kier molecular flexibility index (Phi) is 4.18. The molecule has 0 bridgehead atoms. The fourth-order valence-electron chi connectivity index (χ4n) is 1.20. The van der Waals surface area contributed by atoms with E-state index in [0.29, 0.717) is 9.21 Å². The standard InChI is InChI=1S/C10H8ClNO3S3/c11-9-3-4-10(17-9)18(14,15)12-6-7(13)8-2-1-5-16-8/h1-5,12H,6H2. The molecule has 0 unspecified atom stereocenters. The van der Waals surface area contributed by atoms with E-state index in [2.05, 4.69) is 4.72 Å². The number of Topliss-reactive ketones (excluding diaryl/α,β-unsaturated/α-hetero) is 1. The highest BCUT2D eigenvalue weighted by Gasteiger charge is 2.18. The first-order valence-electron chi connectivity index (χ1n) is 4.81. The summed E-state index contributed by atoms with van der Waals surface area (Å²) in [7, 11) is -3.66. The molecular formula is C10H8ClNO3S3. The van der Waals surface area contributed by atoms with Crippen molar-refractivity contribution in [3.05, 3.63) is 38.9 Å². The van der Waals surface area contributed by atoms with Crippen molar-refractivity contribution in [1.82, 2.24) is 4.72 Å². The molecule has 96 valence electrons. The predicted octanol–water partition coefficient (Wildman–Crippen LogP) is 2.62. The molecule has 2 aromatic heterocycles. The molecule has 4 nitrogen and oxygen atoms in total. The van der Waals surface area contributed by atoms with Gasteiger partial charge in [-0.1, -0.05) is 17.7 Å². The quantitative estimate of drug-likeness (QED) is 0.861. The topological polar surface area (TPSA) is 63.2 Å². The van der Waals surface area contributed by atoms with Gasteiger partial charge in [0.15, 0.2) is 5.78 Å². The first-order valence-corrected chi connectivity index (χ1v) is 8.36. The van der Waals surface area contributed by atoms with E-state index in [1.54, 1.807) is 17.5 Å². The summed E-state index contributed by atoms with van der Waals surface area (Å²) in [6, 6.07) is 6.31. The second-order valence-corrected chi connectivity index (χ2v) is 7.94. The smallest absolute Gasteiger partial charge is 0.250 e. The normalized spacial score (nSPS) is 11.6. The van der Waals surface area contributed by atoms with Crippen LogP contribution in [0.5, 0.6) is 0 Å². The maximum Gasteiger partial charge on any atom is 0.250 e. The van der Waals surface area contributed by atoms with Gasteiger partial charge in [-0.15, -0.1) is 22.7 Å². The largest absolute Gasteiger partial charge is 0.292 e. The molecular weight excluding hydrogens is 314 g/mol. The number of carbonyl (C=O) groups excluding carboxylic acids is 1. The van der Waals surface area contributed by atoms with Crippen LogP contribution in [0.25, 0.3) is 0 Å². The molecule has 0 aliphatic carbocycles. The molecule has 0 aliphatic rings. The van der Waals surface area contributed by atoms with E-state index in [-0.39, 0.29) is 16.5 Å². The molecule has 2 rings (SSSR count). The molecule has 2 aromatic rings. The number of carbonyl (C=O) groups is 1. The average molecular weight is 322 g/mol. The fourth-order valence-corrected chi connectivity index (χ4v) is 4.37. The highest BCUT2D eigenvalue weighted by atomic mass is 35.5. The van der Waals surface area contributed by atoms with E-state index in [9.17, 15) is 13.2 Å². The molecule has 0 fully saturated rings. The molecule has 18 heavy (non-hydrogen) atoms. The van der Waals surface area contributed by atoms with Crippen LogP contribution in [0.1, 0.15) is 9.67 Å². The molecule has 1 N–H and O–H groups in total. The zero-order valence-electron chi connectivity index (χ0n) is 8.92. The monoisotopic (exact) mass is 321 g/mol. The van der Waals surface area contributed by atoms with Crippen LogP contribution in [-0.4, -0.2) is 20.7 Å². The lowest BCUT2D eigenvalue weighted by Crippen LogP contribution is -2.28. The highest BCUT2D eigenvalue weighted by molar-refractivity contribution is 7.91. The SMILES string of the molecule is O=C(CNS(=O)(=O)c1ccc(Cl)s1)c1cccs1. The minimum atomic E-state index is -3.66. The van der Waals surface area contributed by atoms with Gasteiger partial charge >= 0.3 is 0 Å². The van der Waals surface area contributed by atoms with E-state index in [1.165, 1.54) is 23.5 Å². The summed E-state index contributed by atoms with van der Waals surface area (Å²) in [5.41, 5.74) is 0. The van der Waals surface area contributed by atoms with Crippen LogP contribution in [0.2, 0.25) is 4.34 Å². The Hall–Kier alpha value is -0.730. The molecule has 0 aliphatic heterocycles. The van der Waals surface area contributed by atoms with Crippen molar-refractivity contribution < 1.29 is 13.2 Å². The first-order chi connectivity index (χ1) is 8.49. The van der Waals surface area contributed by atoms with Gasteiger partial charge in [-0.2, -0.15) is 0 Å². The molecule has 8 heteroatoms. The Balaban J connectivity index is 2.04. The summed E-state index contributed by atoms with van der Waals surface area (Å²) in [5.74, 6) is -0.253. The van der Waals surface area contributed by atoms with Gasteiger partial charge in [-0.05, 0) is 23.6 Å². The van der Waals surface area contributed by atoms with Gasteiger partial charge in [0, 0.05) is 0 Å². The molecule has 0 spiro atoms. The maximum atomic E-state index is 11.8. The van der Waals surface area contributed by atoms with Gasteiger partial charge < -0.3 is 0 Å². The molecule has 0 amide bonds. The van der Waals surface area contributed by atoms with Crippen LogP contribution in [0.4, 0.5) is 0 Å². The summed E-state index contributed by atoms with van der Waals surface area (Å²) in [5, 5.41) is 1.76. The molecule has 2 heterocycles. The van der Waals surface area contributed by atoms with E-state index in [4.69, 9.17) is 11.6 Å². The summed E-state index contributed by atoms with van der Waals surface area (Å²) in [6.45, 7) is -0.252. The van der Waals surface area contributed by atoms with E-state index in [1.807, 2.05) is 0 Å². The molecule has 0 aromatic carbocycles. The van der Waals surface area contributed by atoms with E-state index in [0.717, 1.165) is 11.3 Å². The number of hydrogen-bond donors (Lipinski definition) is 1. The summed E-state index contributed by atoms with van der Waals surface area (Å²) < 4.78 is 26.4. The van der Waals surface area contributed by atoms with Gasteiger partial charge in [-0.25, -0.2) is 13.1 Å². The van der Waals surface area contributed by atoms with Crippen molar-refractivity contribution >= 4 is 50.1 Å².